The van der Waals surface area contributed by atoms with Crippen LogP contribution in [0.5, 0.6) is 0 Å². The Kier molecular flexibility index (Phi) is 7.45. The molecular formula is C22H33N3O3. The predicted molar refractivity (Wildman–Crippen MR) is 109 cm³/mol. The molecule has 1 aromatic carbocycles. The quantitative estimate of drug-likeness (QED) is 0.742. The second kappa shape index (κ2) is 10.0. The summed E-state index contributed by atoms with van der Waals surface area (Å²) in [6, 6.07) is 7.84. The van der Waals surface area contributed by atoms with Crippen LogP contribution in [0.1, 0.15) is 42.9 Å². The molecule has 0 unspecified atom stereocenters. The fourth-order valence-corrected chi connectivity index (χ4v) is 4.46. The molecule has 2 amide bonds. The number of aryl methyl sites for hydroxylation is 1. The predicted octanol–water partition coefficient (Wildman–Crippen LogP) is 2.13. The molecule has 2 heterocycles. The van der Waals surface area contributed by atoms with Gasteiger partial charge in [-0.3, -0.25) is 9.59 Å². The number of piperidine rings is 1. The summed E-state index contributed by atoms with van der Waals surface area (Å²) in [6.07, 6.45) is 3.51. The zero-order valence-electron chi connectivity index (χ0n) is 17.2. The van der Waals surface area contributed by atoms with E-state index in [1.807, 2.05) is 36.1 Å². The highest BCUT2D eigenvalue weighted by molar-refractivity contribution is 5.85. The number of rotatable bonds is 8. The fourth-order valence-electron chi connectivity index (χ4n) is 4.46. The Bertz CT molecular complexity index is 673. The van der Waals surface area contributed by atoms with Crippen molar-refractivity contribution >= 4 is 11.8 Å². The third-order valence-electron chi connectivity index (χ3n) is 6.01. The van der Waals surface area contributed by atoms with E-state index >= 15 is 0 Å². The van der Waals surface area contributed by atoms with Crippen molar-refractivity contribution in [1.82, 2.24) is 15.1 Å². The van der Waals surface area contributed by atoms with Gasteiger partial charge in [-0.15, -0.1) is 0 Å². The van der Waals surface area contributed by atoms with Crippen LogP contribution in [0.15, 0.2) is 24.3 Å². The third kappa shape index (κ3) is 4.92. The zero-order chi connectivity index (χ0) is 19.9. The minimum absolute atomic E-state index is 0.0577. The van der Waals surface area contributed by atoms with Gasteiger partial charge in [0.25, 0.3) is 0 Å². The Hall–Kier alpha value is -1.92. The van der Waals surface area contributed by atoms with Gasteiger partial charge in [0, 0.05) is 33.2 Å². The smallest absolute Gasteiger partial charge is 0.225 e. The maximum Gasteiger partial charge on any atom is 0.225 e. The van der Waals surface area contributed by atoms with Gasteiger partial charge in [0.05, 0.1) is 18.6 Å². The van der Waals surface area contributed by atoms with Crippen molar-refractivity contribution in [1.29, 1.82) is 0 Å². The van der Waals surface area contributed by atoms with Crippen molar-refractivity contribution in [2.24, 2.45) is 5.92 Å². The second-order valence-corrected chi connectivity index (χ2v) is 7.87. The van der Waals surface area contributed by atoms with Crippen LogP contribution in [0.25, 0.3) is 0 Å². The first kappa shape index (κ1) is 20.8. The first-order valence-electron chi connectivity index (χ1n) is 10.5. The molecule has 0 aliphatic carbocycles. The van der Waals surface area contributed by atoms with Crippen molar-refractivity contribution in [2.75, 3.05) is 46.4 Å². The summed E-state index contributed by atoms with van der Waals surface area (Å²) in [4.78, 5) is 30.0. The highest BCUT2D eigenvalue weighted by Gasteiger charge is 2.40. The van der Waals surface area contributed by atoms with Gasteiger partial charge in [0.2, 0.25) is 11.8 Å². The monoisotopic (exact) mass is 387 g/mol. The number of amides is 2. The molecule has 2 aliphatic heterocycles. The molecule has 154 valence electrons. The van der Waals surface area contributed by atoms with Crippen molar-refractivity contribution < 1.29 is 14.3 Å². The first-order valence-corrected chi connectivity index (χ1v) is 10.5. The number of ether oxygens (including phenoxy) is 1. The molecule has 3 rings (SSSR count). The lowest BCUT2D eigenvalue weighted by molar-refractivity contribution is -0.144. The summed E-state index contributed by atoms with van der Waals surface area (Å²) in [6.45, 7) is 6.85. The molecule has 0 radical (unpaired) electrons. The van der Waals surface area contributed by atoms with Crippen molar-refractivity contribution in [3.63, 3.8) is 0 Å². The molecule has 1 N–H and O–H groups in total. The maximum absolute atomic E-state index is 13.1. The van der Waals surface area contributed by atoms with Crippen molar-refractivity contribution in [3.8, 4) is 0 Å². The SMILES string of the molecule is COCCN1C(=O)CC[C@@H](C(=O)NCCN2CCCC2)[C@@H]1c1ccccc1C. The maximum atomic E-state index is 13.1. The molecule has 6 heteroatoms. The van der Waals surface area contributed by atoms with Crippen LogP contribution in [0.3, 0.4) is 0 Å². The second-order valence-electron chi connectivity index (χ2n) is 7.87. The molecule has 28 heavy (non-hydrogen) atoms. The standard InChI is InChI=1S/C22H33N3O3/c1-17-7-3-4-8-18(17)21-19(9-10-20(26)25(21)15-16-28-2)22(27)23-11-14-24-12-5-6-13-24/h3-4,7-8,19,21H,5-6,9-16H2,1-2H3,(H,23,27)/t19-,21+/m1/s1. The van der Waals surface area contributed by atoms with Gasteiger partial charge >= 0.3 is 0 Å². The minimum Gasteiger partial charge on any atom is -0.383 e. The van der Waals surface area contributed by atoms with E-state index in [-0.39, 0.29) is 23.8 Å². The summed E-state index contributed by atoms with van der Waals surface area (Å²) in [7, 11) is 1.64. The normalized spacial score (nSPS) is 23.2. The van der Waals surface area contributed by atoms with Gasteiger partial charge in [0.15, 0.2) is 0 Å². The number of methoxy groups -OCH3 is 1. The lowest BCUT2D eigenvalue weighted by Gasteiger charge is -2.41. The largest absolute Gasteiger partial charge is 0.383 e. The number of nitrogens with zero attached hydrogens (tertiary/aromatic N) is 2. The lowest BCUT2D eigenvalue weighted by atomic mass is 9.82. The Balaban J connectivity index is 1.75. The average Bonchev–Trinajstić information content (AvgIpc) is 3.21. The summed E-state index contributed by atoms with van der Waals surface area (Å²) >= 11 is 0. The van der Waals surface area contributed by atoms with Gasteiger partial charge in [0.1, 0.15) is 0 Å². The number of carbonyl (C=O) groups excluding carboxylic acids is 2. The molecule has 2 aliphatic rings. The number of hydrogen-bond acceptors (Lipinski definition) is 4. The number of hydrogen-bond donors (Lipinski definition) is 1. The number of carbonyl (C=O) groups is 2. The molecule has 0 bridgehead atoms. The highest BCUT2D eigenvalue weighted by Crippen LogP contribution is 2.38. The molecule has 2 fully saturated rings. The van der Waals surface area contributed by atoms with Crippen molar-refractivity contribution in [3.05, 3.63) is 35.4 Å². The zero-order valence-corrected chi connectivity index (χ0v) is 17.2. The van der Waals surface area contributed by atoms with E-state index in [2.05, 4.69) is 10.2 Å². The summed E-state index contributed by atoms with van der Waals surface area (Å²) in [5, 5.41) is 3.14. The van der Waals surface area contributed by atoms with E-state index in [9.17, 15) is 9.59 Å². The van der Waals surface area contributed by atoms with E-state index in [0.717, 1.165) is 30.8 Å². The summed E-state index contributed by atoms with van der Waals surface area (Å²) in [5.74, 6) is -0.0666. The van der Waals surface area contributed by atoms with Gasteiger partial charge in [-0.2, -0.15) is 0 Å². The van der Waals surface area contributed by atoms with Gasteiger partial charge in [-0.25, -0.2) is 0 Å². The van der Waals surface area contributed by atoms with Gasteiger partial charge in [-0.05, 0) is 50.4 Å². The van der Waals surface area contributed by atoms with Crippen LogP contribution in [-0.2, 0) is 14.3 Å². The Morgan fingerprint density at radius 2 is 1.96 bits per heavy atom. The van der Waals surface area contributed by atoms with Crippen LogP contribution in [-0.4, -0.2) is 68.1 Å². The molecule has 6 nitrogen and oxygen atoms in total. The number of benzene rings is 1. The summed E-state index contributed by atoms with van der Waals surface area (Å²) < 4.78 is 5.22. The molecule has 0 spiro atoms. The molecule has 0 aromatic heterocycles. The molecule has 0 saturated carbocycles. The number of nitrogens with one attached hydrogen (secondary N) is 1. The fraction of sp³-hybridized carbons (Fsp3) is 0.636. The van der Waals surface area contributed by atoms with Gasteiger partial charge in [-0.1, -0.05) is 24.3 Å². The molecule has 2 saturated heterocycles. The Labute approximate surface area is 168 Å². The molecule has 1 aromatic rings. The van der Waals surface area contributed by atoms with Gasteiger partial charge < -0.3 is 19.9 Å². The molecule has 2 atom stereocenters. The lowest BCUT2D eigenvalue weighted by Crippen LogP contribution is -2.49. The van der Waals surface area contributed by atoms with Crippen LogP contribution >= 0.6 is 0 Å². The van der Waals surface area contributed by atoms with Crippen LogP contribution < -0.4 is 5.32 Å². The highest BCUT2D eigenvalue weighted by atomic mass is 16.5. The Morgan fingerprint density at radius 1 is 1.21 bits per heavy atom. The first-order chi connectivity index (χ1) is 13.6. The minimum atomic E-state index is -0.232. The third-order valence-corrected chi connectivity index (χ3v) is 6.01. The summed E-state index contributed by atoms with van der Waals surface area (Å²) in [5.41, 5.74) is 2.17. The topological polar surface area (TPSA) is 61.9 Å². The number of likely N-dealkylation sites (tertiary alicyclic amines) is 2. The Morgan fingerprint density at radius 3 is 2.68 bits per heavy atom. The van der Waals surface area contributed by atoms with Crippen LogP contribution in [0, 0.1) is 12.8 Å². The van der Waals surface area contributed by atoms with E-state index in [0.29, 0.717) is 32.5 Å². The molecular weight excluding hydrogens is 354 g/mol. The van der Waals surface area contributed by atoms with E-state index in [4.69, 9.17) is 4.74 Å². The van der Waals surface area contributed by atoms with E-state index in [1.54, 1.807) is 7.11 Å². The van der Waals surface area contributed by atoms with E-state index in [1.165, 1.54) is 12.8 Å². The van der Waals surface area contributed by atoms with Crippen LogP contribution in [0.2, 0.25) is 0 Å². The van der Waals surface area contributed by atoms with E-state index < -0.39 is 0 Å². The average molecular weight is 388 g/mol. The van der Waals surface area contributed by atoms with Crippen molar-refractivity contribution in [2.45, 2.75) is 38.6 Å². The van der Waals surface area contributed by atoms with Crippen LogP contribution in [0.4, 0.5) is 0 Å².